The molecule has 2 aromatic heterocycles. The van der Waals surface area contributed by atoms with Gasteiger partial charge in [0, 0.05) is 23.5 Å². The summed E-state index contributed by atoms with van der Waals surface area (Å²) in [4.78, 5) is 8.28. The summed E-state index contributed by atoms with van der Waals surface area (Å²) in [5.74, 6) is 0.374. The molecule has 0 saturated carbocycles. The number of aromatic nitrogens is 2. The summed E-state index contributed by atoms with van der Waals surface area (Å²) in [6.07, 6.45) is 3.47. The predicted molar refractivity (Wildman–Crippen MR) is 62.0 cm³/mol. The van der Waals surface area contributed by atoms with Gasteiger partial charge in [-0.2, -0.15) is 0 Å². The van der Waals surface area contributed by atoms with Gasteiger partial charge in [0.1, 0.15) is 5.15 Å². The number of rotatable bonds is 2. The minimum atomic E-state index is 0.374. The number of nitrogens with zero attached hydrogens (tertiary/aromatic N) is 2. The average molecular weight is 239 g/mol. The van der Waals surface area contributed by atoms with E-state index < -0.39 is 0 Å². The van der Waals surface area contributed by atoms with Crippen molar-refractivity contribution in [3.05, 3.63) is 47.4 Å². The molecule has 0 aliphatic rings. The first-order valence-electron chi connectivity index (χ1n) is 4.43. The van der Waals surface area contributed by atoms with Gasteiger partial charge in [0.25, 0.3) is 0 Å². The Morgan fingerprint density at radius 3 is 2.67 bits per heavy atom. The maximum atomic E-state index is 5.96. The second-order valence-corrected chi connectivity index (χ2v) is 3.65. The number of halogens is 2. The molecule has 0 radical (unpaired) electrons. The largest absolute Gasteiger partial charge is 0.264 e. The molecule has 2 heterocycles. The molecule has 76 valence electrons. The molecule has 0 amide bonds. The smallest absolute Gasteiger partial charge is 0.134 e. The van der Waals surface area contributed by atoms with Crippen molar-refractivity contribution in [2.75, 3.05) is 0 Å². The van der Waals surface area contributed by atoms with Crippen LogP contribution in [0.1, 0.15) is 5.56 Å². The van der Waals surface area contributed by atoms with Crippen LogP contribution in [0.4, 0.5) is 0 Å². The van der Waals surface area contributed by atoms with E-state index in [1.165, 1.54) is 0 Å². The van der Waals surface area contributed by atoms with Gasteiger partial charge in [-0.05, 0) is 18.2 Å². The van der Waals surface area contributed by atoms with E-state index in [1.54, 1.807) is 12.4 Å². The van der Waals surface area contributed by atoms with Crippen LogP contribution in [-0.2, 0) is 5.88 Å². The van der Waals surface area contributed by atoms with Crippen LogP contribution in [0.3, 0.4) is 0 Å². The molecular weight excluding hydrogens is 231 g/mol. The normalized spacial score (nSPS) is 10.3. The third kappa shape index (κ3) is 2.28. The summed E-state index contributed by atoms with van der Waals surface area (Å²) >= 11 is 11.7. The Kier molecular flexibility index (Phi) is 3.19. The van der Waals surface area contributed by atoms with Crippen molar-refractivity contribution in [2.24, 2.45) is 0 Å². The second kappa shape index (κ2) is 4.60. The van der Waals surface area contributed by atoms with Crippen molar-refractivity contribution in [1.29, 1.82) is 0 Å². The molecule has 15 heavy (non-hydrogen) atoms. The van der Waals surface area contributed by atoms with Crippen molar-refractivity contribution in [1.82, 2.24) is 9.97 Å². The molecule has 0 aliphatic carbocycles. The Balaban J connectivity index is 2.43. The third-order valence-corrected chi connectivity index (χ3v) is 2.64. The van der Waals surface area contributed by atoms with Crippen molar-refractivity contribution in [3.63, 3.8) is 0 Å². The lowest BCUT2D eigenvalue weighted by atomic mass is 10.2. The second-order valence-electron chi connectivity index (χ2n) is 3.02. The van der Waals surface area contributed by atoms with Crippen LogP contribution in [0.5, 0.6) is 0 Å². The topological polar surface area (TPSA) is 25.8 Å². The standard InChI is InChI=1S/C11H8Cl2N2/c12-6-8-3-4-10(15-11(8)13)9-2-1-5-14-7-9/h1-5,7H,6H2. The summed E-state index contributed by atoms with van der Waals surface area (Å²) in [5, 5.41) is 0.450. The van der Waals surface area contributed by atoms with Gasteiger partial charge in [-0.1, -0.05) is 17.7 Å². The minimum absolute atomic E-state index is 0.374. The molecule has 0 atom stereocenters. The molecule has 2 nitrogen and oxygen atoms in total. The molecule has 0 aromatic carbocycles. The summed E-state index contributed by atoms with van der Waals surface area (Å²) in [5.41, 5.74) is 2.59. The zero-order valence-electron chi connectivity index (χ0n) is 7.82. The lowest BCUT2D eigenvalue weighted by Gasteiger charge is -2.03. The van der Waals surface area contributed by atoms with E-state index in [-0.39, 0.29) is 0 Å². The SMILES string of the molecule is ClCc1ccc(-c2cccnc2)nc1Cl. The van der Waals surface area contributed by atoms with E-state index in [1.807, 2.05) is 24.3 Å². The van der Waals surface area contributed by atoms with Gasteiger partial charge in [0.05, 0.1) is 11.6 Å². The predicted octanol–water partition coefficient (Wildman–Crippen LogP) is 3.54. The highest BCUT2D eigenvalue weighted by atomic mass is 35.5. The van der Waals surface area contributed by atoms with Crippen LogP contribution in [0.15, 0.2) is 36.7 Å². The van der Waals surface area contributed by atoms with E-state index in [4.69, 9.17) is 23.2 Å². The lowest BCUT2D eigenvalue weighted by molar-refractivity contribution is 1.23. The Hall–Kier alpha value is -1.12. The number of hydrogen-bond acceptors (Lipinski definition) is 2. The Morgan fingerprint density at radius 2 is 2.07 bits per heavy atom. The minimum Gasteiger partial charge on any atom is -0.264 e. The fourth-order valence-corrected chi connectivity index (χ4v) is 1.74. The van der Waals surface area contributed by atoms with E-state index in [0.29, 0.717) is 11.0 Å². The van der Waals surface area contributed by atoms with Crippen LogP contribution < -0.4 is 0 Å². The van der Waals surface area contributed by atoms with Gasteiger partial charge in [0.2, 0.25) is 0 Å². The van der Waals surface area contributed by atoms with Crippen LogP contribution in [-0.4, -0.2) is 9.97 Å². The Morgan fingerprint density at radius 1 is 1.20 bits per heavy atom. The molecule has 0 spiro atoms. The van der Waals surface area contributed by atoms with E-state index in [2.05, 4.69) is 9.97 Å². The molecule has 0 unspecified atom stereocenters. The Labute approximate surface area is 97.9 Å². The highest BCUT2D eigenvalue weighted by Crippen LogP contribution is 2.21. The summed E-state index contributed by atoms with van der Waals surface area (Å²) in [6.45, 7) is 0. The number of alkyl halides is 1. The summed E-state index contributed by atoms with van der Waals surface area (Å²) < 4.78 is 0. The van der Waals surface area contributed by atoms with Crippen molar-refractivity contribution < 1.29 is 0 Å². The van der Waals surface area contributed by atoms with Crippen LogP contribution in [0.25, 0.3) is 11.3 Å². The lowest BCUT2D eigenvalue weighted by Crippen LogP contribution is -1.89. The molecule has 0 fully saturated rings. The van der Waals surface area contributed by atoms with Crippen molar-refractivity contribution in [3.8, 4) is 11.3 Å². The van der Waals surface area contributed by atoms with Gasteiger partial charge >= 0.3 is 0 Å². The van der Waals surface area contributed by atoms with Crippen LogP contribution >= 0.6 is 23.2 Å². The number of hydrogen-bond donors (Lipinski definition) is 0. The van der Waals surface area contributed by atoms with Crippen LogP contribution in [0.2, 0.25) is 5.15 Å². The molecular formula is C11H8Cl2N2. The van der Waals surface area contributed by atoms with E-state index >= 15 is 0 Å². The first kappa shape index (κ1) is 10.4. The molecule has 0 saturated heterocycles. The van der Waals surface area contributed by atoms with Crippen molar-refractivity contribution in [2.45, 2.75) is 5.88 Å². The molecule has 2 aromatic rings. The highest BCUT2D eigenvalue weighted by Gasteiger charge is 2.04. The first-order valence-corrected chi connectivity index (χ1v) is 5.34. The fourth-order valence-electron chi connectivity index (χ4n) is 1.24. The monoisotopic (exact) mass is 238 g/mol. The fraction of sp³-hybridized carbons (Fsp3) is 0.0909. The van der Waals surface area contributed by atoms with Gasteiger partial charge in [-0.25, -0.2) is 4.98 Å². The highest BCUT2D eigenvalue weighted by molar-refractivity contribution is 6.31. The van der Waals surface area contributed by atoms with Gasteiger partial charge in [0.15, 0.2) is 0 Å². The molecule has 4 heteroatoms. The van der Waals surface area contributed by atoms with Crippen LogP contribution in [0, 0.1) is 0 Å². The van der Waals surface area contributed by atoms with E-state index in [9.17, 15) is 0 Å². The quantitative estimate of drug-likeness (QED) is 0.591. The number of pyridine rings is 2. The van der Waals surface area contributed by atoms with Crippen molar-refractivity contribution >= 4 is 23.2 Å². The molecule has 0 N–H and O–H groups in total. The van der Waals surface area contributed by atoms with Gasteiger partial charge < -0.3 is 0 Å². The van der Waals surface area contributed by atoms with Gasteiger partial charge in [-0.3, -0.25) is 4.98 Å². The zero-order valence-corrected chi connectivity index (χ0v) is 9.33. The average Bonchev–Trinajstić information content (AvgIpc) is 2.30. The first-order chi connectivity index (χ1) is 7.31. The molecule has 0 bridgehead atoms. The zero-order chi connectivity index (χ0) is 10.7. The third-order valence-electron chi connectivity index (χ3n) is 2.03. The summed E-state index contributed by atoms with van der Waals surface area (Å²) in [6, 6.07) is 7.57. The summed E-state index contributed by atoms with van der Waals surface area (Å²) in [7, 11) is 0. The maximum absolute atomic E-state index is 5.96. The maximum Gasteiger partial charge on any atom is 0.134 e. The molecule has 2 rings (SSSR count). The molecule has 0 aliphatic heterocycles. The van der Waals surface area contributed by atoms with Gasteiger partial charge in [-0.15, -0.1) is 11.6 Å². The Bertz CT molecular complexity index is 457. The van der Waals surface area contributed by atoms with E-state index in [0.717, 1.165) is 16.8 Å².